The van der Waals surface area contributed by atoms with E-state index in [9.17, 15) is 9.59 Å². The number of carbonyl (C=O) groups excluding carboxylic acids is 1. The fraction of sp³-hybridized carbons (Fsp3) is 0.684. The van der Waals surface area contributed by atoms with Crippen molar-refractivity contribution in [2.24, 2.45) is 5.92 Å². The fourth-order valence-electron chi connectivity index (χ4n) is 4.28. The summed E-state index contributed by atoms with van der Waals surface area (Å²) in [5.41, 5.74) is 1.96. The summed E-state index contributed by atoms with van der Waals surface area (Å²) in [4.78, 5) is 26.8. The van der Waals surface area contributed by atoms with Crippen LogP contribution in [0.25, 0.3) is 0 Å². The molecule has 0 spiro atoms. The molecule has 2 aliphatic heterocycles. The van der Waals surface area contributed by atoms with E-state index in [1.165, 1.54) is 7.11 Å². The van der Waals surface area contributed by atoms with Gasteiger partial charge in [-0.1, -0.05) is 6.92 Å². The number of methoxy groups -OCH3 is 1. The molecular formula is C19H29N3O3. The molecule has 0 amide bonds. The van der Waals surface area contributed by atoms with E-state index in [4.69, 9.17) is 4.74 Å². The summed E-state index contributed by atoms with van der Waals surface area (Å²) in [5.74, 6) is 0.708. The normalized spacial score (nSPS) is 26.7. The number of nitrogens with one attached hydrogen (secondary N) is 1. The molecule has 6 nitrogen and oxygen atoms in total. The van der Waals surface area contributed by atoms with E-state index in [1.54, 1.807) is 6.07 Å². The van der Waals surface area contributed by atoms with Gasteiger partial charge >= 0.3 is 5.97 Å². The first kappa shape index (κ1) is 18.0. The molecule has 6 heteroatoms. The van der Waals surface area contributed by atoms with Gasteiger partial charge in [0.2, 0.25) is 0 Å². The molecule has 2 saturated heterocycles. The molecule has 2 fully saturated rings. The molecule has 25 heavy (non-hydrogen) atoms. The number of hydrogen-bond donors (Lipinski definition) is 1. The summed E-state index contributed by atoms with van der Waals surface area (Å²) >= 11 is 0. The van der Waals surface area contributed by atoms with Gasteiger partial charge in [0.05, 0.1) is 7.11 Å². The highest BCUT2D eigenvalue weighted by Gasteiger charge is 2.33. The third-order valence-electron chi connectivity index (χ3n) is 5.51. The Morgan fingerprint density at radius 3 is 2.84 bits per heavy atom. The molecule has 3 atom stereocenters. The number of carbonyl (C=O) groups is 1. The van der Waals surface area contributed by atoms with Gasteiger partial charge in [-0.25, -0.2) is 4.79 Å². The molecule has 1 aromatic heterocycles. The lowest BCUT2D eigenvalue weighted by atomic mass is 9.88. The Hall–Kier alpha value is -1.82. The maximum Gasteiger partial charge on any atom is 0.328 e. The second-order valence-corrected chi connectivity index (χ2v) is 7.29. The molecule has 2 aliphatic rings. The predicted molar refractivity (Wildman–Crippen MR) is 98.2 cm³/mol. The standard InChI is InChI=1S/C19H29N3O3/c1-4-21-17(14-8-13(2)11-20-12-14)9-15(10-18(21)23)22-7-5-6-16(22)19(24)25-3/h9-10,13-14,16,20H,4-8,11-12H2,1-3H3/t13?,14-,16-/m0/s1. The summed E-state index contributed by atoms with van der Waals surface area (Å²) in [6, 6.07) is 3.52. The molecule has 3 heterocycles. The van der Waals surface area contributed by atoms with Crippen LogP contribution in [0.5, 0.6) is 0 Å². The molecule has 0 saturated carbocycles. The summed E-state index contributed by atoms with van der Waals surface area (Å²) < 4.78 is 6.82. The molecule has 138 valence electrons. The zero-order chi connectivity index (χ0) is 18.0. The Morgan fingerprint density at radius 1 is 1.36 bits per heavy atom. The van der Waals surface area contributed by atoms with Crippen LogP contribution in [0.15, 0.2) is 16.9 Å². The zero-order valence-corrected chi connectivity index (χ0v) is 15.5. The number of nitrogens with zero attached hydrogens (tertiary/aromatic N) is 2. The molecule has 1 aromatic rings. The maximum atomic E-state index is 12.7. The first-order chi connectivity index (χ1) is 12.0. The first-order valence-electron chi connectivity index (χ1n) is 9.35. The SMILES string of the molecule is CCn1c([C@@H]2CNCC(C)C2)cc(N2CCC[C@H]2C(=O)OC)cc1=O. The summed E-state index contributed by atoms with van der Waals surface area (Å²) in [5, 5.41) is 3.48. The van der Waals surface area contributed by atoms with Crippen molar-refractivity contribution in [2.75, 3.05) is 31.6 Å². The number of piperidine rings is 1. The van der Waals surface area contributed by atoms with Gasteiger partial charge in [-0.3, -0.25) is 4.79 Å². The zero-order valence-electron chi connectivity index (χ0n) is 15.5. The molecule has 0 bridgehead atoms. The molecule has 3 rings (SSSR count). The van der Waals surface area contributed by atoms with Crippen molar-refractivity contribution in [2.45, 2.75) is 51.6 Å². The lowest BCUT2D eigenvalue weighted by Gasteiger charge is -2.31. The third kappa shape index (κ3) is 3.59. The Labute approximate surface area is 149 Å². The predicted octanol–water partition coefficient (Wildman–Crippen LogP) is 1.72. The van der Waals surface area contributed by atoms with Gasteiger partial charge in [-0.15, -0.1) is 0 Å². The van der Waals surface area contributed by atoms with Crippen molar-refractivity contribution >= 4 is 11.7 Å². The van der Waals surface area contributed by atoms with Crippen molar-refractivity contribution < 1.29 is 9.53 Å². The highest BCUT2D eigenvalue weighted by Crippen LogP contribution is 2.31. The van der Waals surface area contributed by atoms with Crippen molar-refractivity contribution in [3.63, 3.8) is 0 Å². The van der Waals surface area contributed by atoms with E-state index >= 15 is 0 Å². The number of anilines is 1. The third-order valence-corrected chi connectivity index (χ3v) is 5.51. The van der Waals surface area contributed by atoms with Gasteiger partial charge in [0, 0.05) is 43.0 Å². The van der Waals surface area contributed by atoms with Crippen LogP contribution in [0.1, 0.15) is 44.7 Å². The van der Waals surface area contributed by atoms with Crippen molar-refractivity contribution in [1.82, 2.24) is 9.88 Å². The van der Waals surface area contributed by atoms with Crippen molar-refractivity contribution in [1.29, 1.82) is 0 Å². The topological polar surface area (TPSA) is 63.6 Å². The molecule has 0 aliphatic carbocycles. The maximum absolute atomic E-state index is 12.7. The Kier molecular flexibility index (Phi) is 5.47. The molecule has 1 unspecified atom stereocenters. The van der Waals surface area contributed by atoms with Crippen molar-refractivity contribution in [3.05, 3.63) is 28.2 Å². The highest BCUT2D eigenvalue weighted by molar-refractivity contribution is 5.80. The van der Waals surface area contributed by atoms with Gasteiger partial charge in [0.25, 0.3) is 5.56 Å². The first-order valence-corrected chi connectivity index (χ1v) is 9.35. The summed E-state index contributed by atoms with van der Waals surface area (Å²) in [6.07, 6.45) is 2.80. The average Bonchev–Trinajstić information content (AvgIpc) is 3.10. The highest BCUT2D eigenvalue weighted by atomic mass is 16.5. The summed E-state index contributed by atoms with van der Waals surface area (Å²) in [6.45, 7) is 7.63. The minimum atomic E-state index is -0.280. The quantitative estimate of drug-likeness (QED) is 0.841. The van der Waals surface area contributed by atoms with E-state index < -0.39 is 0 Å². The van der Waals surface area contributed by atoms with Crippen LogP contribution in [-0.4, -0.2) is 43.3 Å². The molecule has 1 N–H and O–H groups in total. The average molecular weight is 347 g/mol. The van der Waals surface area contributed by atoms with Crippen LogP contribution < -0.4 is 15.8 Å². The van der Waals surface area contributed by atoms with Gasteiger partial charge in [0.1, 0.15) is 6.04 Å². The number of esters is 1. The Morgan fingerprint density at radius 2 is 2.16 bits per heavy atom. The van der Waals surface area contributed by atoms with Gasteiger partial charge < -0.3 is 19.5 Å². The van der Waals surface area contributed by atoms with Gasteiger partial charge in [-0.2, -0.15) is 0 Å². The smallest absolute Gasteiger partial charge is 0.328 e. The number of aromatic nitrogens is 1. The van der Waals surface area contributed by atoms with E-state index in [-0.39, 0.29) is 17.6 Å². The second kappa shape index (κ2) is 7.60. The van der Waals surface area contributed by atoms with E-state index in [0.29, 0.717) is 18.4 Å². The van der Waals surface area contributed by atoms with Crippen LogP contribution >= 0.6 is 0 Å². The number of hydrogen-bond acceptors (Lipinski definition) is 5. The monoisotopic (exact) mass is 347 g/mol. The number of rotatable bonds is 4. The van der Waals surface area contributed by atoms with E-state index in [1.807, 2.05) is 16.4 Å². The lowest BCUT2D eigenvalue weighted by Crippen LogP contribution is -2.39. The largest absolute Gasteiger partial charge is 0.467 e. The Bertz CT molecular complexity index is 685. The van der Waals surface area contributed by atoms with Crippen molar-refractivity contribution in [3.8, 4) is 0 Å². The molecule has 0 radical (unpaired) electrons. The van der Waals surface area contributed by atoms with Gasteiger partial charge in [-0.05, 0) is 44.7 Å². The minimum Gasteiger partial charge on any atom is -0.467 e. The van der Waals surface area contributed by atoms with Crippen LogP contribution in [0.2, 0.25) is 0 Å². The van der Waals surface area contributed by atoms with E-state index in [2.05, 4.69) is 18.3 Å². The molecular weight excluding hydrogens is 318 g/mol. The summed E-state index contributed by atoms with van der Waals surface area (Å²) in [7, 11) is 1.43. The Balaban J connectivity index is 1.98. The van der Waals surface area contributed by atoms with Crippen LogP contribution in [0.3, 0.4) is 0 Å². The number of pyridine rings is 1. The van der Waals surface area contributed by atoms with Crippen LogP contribution in [0, 0.1) is 5.92 Å². The van der Waals surface area contributed by atoms with Crippen LogP contribution in [-0.2, 0) is 16.1 Å². The minimum absolute atomic E-state index is 0.0174. The number of ether oxygens (including phenoxy) is 1. The molecule has 0 aromatic carbocycles. The van der Waals surface area contributed by atoms with Crippen LogP contribution in [0.4, 0.5) is 5.69 Å². The van der Waals surface area contributed by atoms with E-state index in [0.717, 1.165) is 50.3 Å². The van der Waals surface area contributed by atoms with Gasteiger partial charge in [0.15, 0.2) is 0 Å². The fourth-order valence-corrected chi connectivity index (χ4v) is 4.28. The second-order valence-electron chi connectivity index (χ2n) is 7.29. The lowest BCUT2D eigenvalue weighted by molar-refractivity contribution is -0.141.